The van der Waals surface area contributed by atoms with Crippen LogP contribution in [0.5, 0.6) is 5.75 Å². The molecular weight excluding hydrogens is 397 g/mol. The average molecular weight is 428 g/mol. The number of hydrogen-bond acceptors (Lipinski definition) is 4. The van der Waals surface area contributed by atoms with Crippen molar-refractivity contribution in [3.63, 3.8) is 0 Å². The smallest absolute Gasteiger partial charge is 0.246 e. The molecule has 2 N–H and O–H groups in total. The van der Waals surface area contributed by atoms with Gasteiger partial charge in [-0.15, -0.1) is 0 Å². The van der Waals surface area contributed by atoms with Gasteiger partial charge in [-0.1, -0.05) is 31.5 Å². The molecule has 7 heteroatoms. The van der Waals surface area contributed by atoms with E-state index in [0.29, 0.717) is 12.1 Å². The summed E-state index contributed by atoms with van der Waals surface area (Å²) in [5.41, 5.74) is 1.81. The number of hydrogen-bond donors (Lipinski definition) is 2. The topological polar surface area (TPSA) is 70.7 Å². The second-order valence-electron chi connectivity index (χ2n) is 7.67. The maximum absolute atomic E-state index is 13.6. The molecule has 2 amide bonds. The fraction of sp³-hybridized carbons (Fsp3) is 0.417. The zero-order valence-electron chi connectivity index (χ0n) is 17.9. The number of para-hydroxylation sites is 1. The Morgan fingerprint density at radius 2 is 1.90 bits per heavy atom. The van der Waals surface area contributed by atoms with Crippen LogP contribution in [0, 0.1) is 5.82 Å². The largest absolute Gasteiger partial charge is 0.490 e. The fourth-order valence-electron chi connectivity index (χ4n) is 3.62. The zero-order chi connectivity index (χ0) is 22.1. The number of ether oxygens (including phenoxy) is 1. The molecule has 1 aliphatic rings. The Bertz CT molecular complexity index is 884. The van der Waals surface area contributed by atoms with Crippen molar-refractivity contribution in [2.75, 3.05) is 29.9 Å². The molecule has 1 saturated heterocycles. The Kier molecular flexibility index (Phi) is 8.27. The van der Waals surface area contributed by atoms with Gasteiger partial charge in [0, 0.05) is 24.5 Å². The molecule has 31 heavy (non-hydrogen) atoms. The van der Waals surface area contributed by atoms with E-state index in [0.717, 1.165) is 25.2 Å². The van der Waals surface area contributed by atoms with Crippen molar-refractivity contribution in [3.8, 4) is 5.75 Å². The van der Waals surface area contributed by atoms with Crippen molar-refractivity contribution in [3.05, 3.63) is 54.3 Å². The minimum Gasteiger partial charge on any atom is -0.490 e. The zero-order valence-corrected chi connectivity index (χ0v) is 17.9. The highest BCUT2D eigenvalue weighted by atomic mass is 19.1. The highest BCUT2D eigenvalue weighted by Crippen LogP contribution is 2.23. The third-order valence-corrected chi connectivity index (χ3v) is 5.24. The first-order chi connectivity index (χ1) is 15.1. The van der Waals surface area contributed by atoms with E-state index in [1.54, 1.807) is 12.1 Å². The molecule has 1 aliphatic heterocycles. The number of carbonyl (C=O) groups excluding carboxylic acids is 2. The van der Waals surface area contributed by atoms with Crippen LogP contribution in [0.2, 0.25) is 0 Å². The monoisotopic (exact) mass is 427 g/mol. The van der Waals surface area contributed by atoms with Gasteiger partial charge < -0.3 is 20.3 Å². The van der Waals surface area contributed by atoms with Gasteiger partial charge >= 0.3 is 0 Å². The fourth-order valence-corrected chi connectivity index (χ4v) is 3.62. The van der Waals surface area contributed by atoms with Gasteiger partial charge in [-0.3, -0.25) is 9.59 Å². The quantitative estimate of drug-likeness (QED) is 0.598. The van der Waals surface area contributed by atoms with E-state index in [4.69, 9.17) is 4.74 Å². The first kappa shape index (κ1) is 22.6. The third kappa shape index (κ3) is 6.70. The minimum absolute atomic E-state index is 0.0328. The predicted molar refractivity (Wildman–Crippen MR) is 120 cm³/mol. The van der Waals surface area contributed by atoms with Crippen LogP contribution in [0.1, 0.15) is 39.0 Å². The molecule has 3 rings (SSSR count). The van der Waals surface area contributed by atoms with Gasteiger partial charge in [0.05, 0.1) is 13.0 Å². The predicted octanol–water partition coefficient (Wildman–Crippen LogP) is 4.12. The molecule has 0 bridgehead atoms. The van der Waals surface area contributed by atoms with Crippen molar-refractivity contribution < 1.29 is 18.7 Å². The summed E-state index contributed by atoms with van der Waals surface area (Å²) in [6.07, 6.45) is 3.67. The lowest BCUT2D eigenvalue weighted by atomic mass is 10.1. The molecular formula is C24H30FN3O3. The van der Waals surface area contributed by atoms with E-state index in [1.165, 1.54) is 25.0 Å². The molecule has 0 radical (unpaired) electrons. The molecule has 0 aromatic heterocycles. The van der Waals surface area contributed by atoms with Gasteiger partial charge in [-0.25, -0.2) is 4.39 Å². The summed E-state index contributed by atoms with van der Waals surface area (Å²) in [7, 11) is 0. The van der Waals surface area contributed by atoms with Crippen molar-refractivity contribution >= 4 is 23.2 Å². The van der Waals surface area contributed by atoms with E-state index in [9.17, 15) is 14.0 Å². The lowest BCUT2D eigenvalue weighted by molar-refractivity contribution is -0.127. The van der Waals surface area contributed by atoms with E-state index in [2.05, 4.69) is 15.5 Å². The maximum Gasteiger partial charge on any atom is 0.246 e. The highest BCUT2D eigenvalue weighted by molar-refractivity contribution is 5.97. The normalized spacial score (nSPS) is 14.2. The first-order valence-corrected chi connectivity index (χ1v) is 10.9. The Balaban J connectivity index is 1.52. The van der Waals surface area contributed by atoms with E-state index >= 15 is 0 Å². The number of halogens is 1. The second-order valence-corrected chi connectivity index (χ2v) is 7.67. The highest BCUT2D eigenvalue weighted by Gasteiger charge is 2.21. The van der Waals surface area contributed by atoms with Gasteiger partial charge in [0.1, 0.15) is 6.04 Å². The first-order valence-electron chi connectivity index (χ1n) is 10.9. The van der Waals surface area contributed by atoms with Crippen LogP contribution < -0.4 is 20.3 Å². The Morgan fingerprint density at radius 3 is 2.65 bits per heavy atom. The minimum atomic E-state index is -0.638. The summed E-state index contributed by atoms with van der Waals surface area (Å²) < 4.78 is 18.9. The third-order valence-electron chi connectivity index (χ3n) is 5.24. The van der Waals surface area contributed by atoms with Crippen LogP contribution in [0.4, 0.5) is 15.8 Å². The summed E-state index contributed by atoms with van der Waals surface area (Å²) in [6.45, 7) is 4.05. The number of anilines is 2. The number of benzene rings is 2. The molecule has 1 fully saturated rings. The van der Waals surface area contributed by atoms with Crippen molar-refractivity contribution in [2.45, 2.75) is 45.1 Å². The van der Waals surface area contributed by atoms with Crippen molar-refractivity contribution in [1.29, 1.82) is 0 Å². The molecule has 1 unspecified atom stereocenters. The lowest BCUT2D eigenvalue weighted by Gasteiger charge is -2.20. The van der Waals surface area contributed by atoms with Crippen LogP contribution in [0.3, 0.4) is 0 Å². The van der Waals surface area contributed by atoms with Gasteiger partial charge in [0.25, 0.3) is 0 Å². The summed E-state index contributed by atoms with van der Waals surface area (Å²) >= 11 is 0. The Labute approximate surface area is 182 Å². The molecule has 1 heterocycles. The van der Waals surface area contributed by atoms with Gasteiger partial charge in [0.15, 0.2) is 11.6 Å². The number of nitrogens with one attached hydrogen (secondary N) is 2. The molecule has 6 nitrogen and oxygen atoms in total. The maximum atomic E-state index is 13.6. The Morgan fingerprint density at radius 1 is 1.13 bits per heavy atom. The van der Waals surface area contributed by atoms with Crippen molar-refractivity contribution in [2.24, 2.45) is 0 Å². The van der Waals surface area contributed by atoms with E-state index in [1.807, 2.05) is 31.2 Å². The van der Waals surface area contributed by atoms with Crippen LogP contribution >= 0.6 is 0 Å². The van der Waals surface area contributed by atoms with Crippen molar-refractivity contribution in [1.82, 2.24) is 5.32 Å². The summed E-state index contributed by atoms with van der Waals surface area (Å²) in [6, 6.07) is 13.2. The Hall–Kier alpha value is -3.09. The molecule has 2 aromatic rings. The van der Waals surface area contributed by atoms with Gasteiger partial charge in [0.2, 0.25) is 11.8 Å². The molecule has 0 aliphatic carbocycles. The molecule has 2 aromatic carbocycles. The number of amides is 2. The average Bonchev–Trinajstić information content (AvgIpc) is 3.30. The number of nitrogens with zero attached hydrogens (tertiary/aromatic N) is 1. The molecule has 0 saturated carbocycles. The van der Waals surface area contributed by atoms with Gasteiger partial charge in [-0.05, 0) is 49.6 Å². The summed E-state index contributed by atoms with van der Waals surface area (Å²) in [5.74, 6) is -0.919. The SMILES string of the molecule is CCCC(NC(=O)CCOc1ccccc1F)C(=O)Nc1cccc(N2CCCC2)c1. The molecule has 1 atom stereocenters. The summed E-state index contributed by atoms with van der Waals surface area (Å²) in [4.78, 5) is 27.4. The van der Waals surface area contributed by atoms with Gasteiger partial charge in [-0.2, -0.15) is 0 Å². The lowest BCUT2D eigenvalue weighted by Crippen LogP contribution is -2.44. The van der Waals surface area contributed by atoms with Crippen LogP contribution in [0.25, 0.3) is 0 Å². The van der Waals surface area contributed by atoms with E-state index < -0.39 is 11.9 Å². The molecule has 0 spiro atoms. The van der Waals surface area contributed by atoms with E-state index in [-0.39, 0.29) is 30.6 Å². The summed E-state index contributed by atoms with van der Waals surface area (Å²) in [5, 5.41) is 5.70. The number of carbonyl (C=O) groups is 2. The van der Waals surface area contributed by atoms with Crippen LogP contribution in [-0.2, 0) is 9.59 Å². The van der Waals surface area contributed by atoms with Crippen LogP contribution in [-0.4, -0.2) is 37.6 Å². The second kappa shape index (κ2) is 11.3. The number of rotatable bonds is 10. The van der Waals surface area contributed by atoms with Crippen LogP contribution in [0.15, 0.2) is 48.5 Å². The molecule has 166 valence electrons. The standard InChI is InChI=1S/C24H30FN3O3/c1-2-8-21(27-23(29)13-16-31-22-12-4-3-11-20(22)25)24(30)26-18-9-7-10-19(17-18)28-14-5-6-15-28/h3-4,7,9-12,17,21H,2,5-6,8,13-16H2,1H3,(H,26,30)(H,27,29).